The van der Waals surface area contributed by atoms with Crippen molar-refractivity contribution in [2.45, 2.75) is 6.54 Å². The third kappa shape index (κ3) is 1.25. The zero-order valence-electron chi connectivity index (χ0n) is 7.37. The lowest BCUT2D eigenvalue weighted by atomic mass is 10.3. The molecule has 0 aliphatic heterocycles. The van der Waals surface area contributed by atoms with Gasteiger partial charge in [-0.25, -0.2) is 4.98 Å². The van der Waals surface area contributed by atoms with Gasteiger partial charge >= 0.3 is 0 Å². The Morgan fingerprint density at radius 3 is 3.15 bits per heavy atom. The molecule has 0 saturated heterocycles. The maximum Gasteiger partial charge on any atom is 0.238 e. The normalized spacial score (nSPS) is 10.6. The van der Waals surface area contributed by atoms with Gasteiger partial charge in [0.25, 0.3) is 0 Å². The minimum absolute atomic E-state index is 0.498. The van der Waals surface area contributed by atoms with Crippen molar-refractivity contribution in [3.8, 4) is 5.88 Å². The summed E-state index contributed by atoms with van der Waals surface area (Å²) in [6.07, 6.45) is 1.72. The number of nitrogens with zero attached hydrogens (tertiary/aromatic N) is 1. The van der Waals surface area contributed by atoms with Crippen LogP contribution < -0.4 is 10.5 Å². The van der Waals surface area contributed by atoms with E-state index in [1.807, 2.05) is 12.1 Å². The Morgan fingerprint density at radius 1 is 1.62 bits per heavy atom. The Hall–Kier alpha value is -1.55. The highest BCUT2D eigenvalue weighted by Crippen LogP contribution is 2.22. The number of hydrogen-bond acceptors (Lipinski definition) is 3. The minimum Gasteiger partial charge on any atom is -0.479 e. The fourth-order valence-electron chi connectivity index (χ4n) is 1.35. The molecule has 68 valence electrons. The molecule has 2 aromatic heterocycles. The first-order chi connectivity index (χ1) is 6.35. The van der Waals surface area contributed by atoms with Crippen LogP contribution in [0.4, 0.5) is 0 Å². The van der Waals surface area contributed by atoms with Crippen LogP contribution in [-0.2, 0) is 6.54 Å². The van der Waals surface area contributed by atoms with Crippen molar-refractivity contribution < 1.29 is 4.74 Å². The van der Waals surface area contributed by atoms with Crippen molar-refractivity contribution in [2.75, 3.05) is 7.11 Å². The van der Waals surface area contributed by atoms with Crippen LogP contribution in [-0.4, -0.2) is 17.1 Å². The molecule has 2 heterocycles. The SMILES string of the molecule is COc1nccc2cc(CN)[nH]c12. The second kappa shape index (κ2) is 3.06. The molecule has 0 atom stereocenters. The van der Waals surface area contributed by atoms with Crippen LogP contribution in [0.3, 0.4) is 0 Å². The van der Waals surface area contributed by atoms with Crippen LogP contribution in [0, 0.1) is 0 Å². The van der Waals surface area contributed by atoms with E-state index in [1.165, 1.54) is 0 Å². The number of hydrogen-bond donors (Lipinski definition) is 2. The van der Waals surface area contributed by atoms with Crippen LogP contribution in [0.1, 0.15) is 5.69 Å². The van der Waals surface area contributed by atoms with Crippen molar-refractivity contribution in [3.63, 3.8) is 0 Å². The molecule has 0 spiro atoms. The first-order valence-corrected chi connectivity index (χ1v) is 4.06. The summed E-state index contributed by atoms with van der Waals surface area (Å²) >= 11 is 0. The van der Waals surface area contributed by atoms with Gasteiger partial charge in [0.2, 0.25) is 5.88 Å². The van der Waals surface area contributed by atoms with Gasteiger partial charge < -0.3 is 15.5 Å². The summed E-state index contributed by atoms with van der Waals surface area (Å²) in [4.78, 5) is 7.23. The van der Waals surface area contributed by atoms with Gasteiger partial charge in [0.1, 0.15) is 5.52 Å². The molecular weight excluding hydrogens is 166 g/mol. The van der Waals surface area contributed by atoms with Crippen molar-refractivity contribution >= 4 is 10.9 Å². The van der Waals surface area contributed by atoms with E-state index in [9.17, 15) is 0 Å². The van der Waals surface area contributed by atoms with Crippen molar-refractivity contribution in [1.29, 1.82) is 0 Å². The van der Waals surface area contributed by atoms with Gasteiger partial charge in [-0.15, -0.1) is 0 Å². The first kappa shape index (κ1) is 8.07. The Balaban J connectivity index is 2.67. The number of nitrogens with two attached hydrogens (primary N) is 1. The molecule has 0 aromatic carbocycles. The smallest absolute Gasteiger partial charge is 0.238 e. The van der Waals surface area contributed by atoms with E-state index < -0.39 is 0 Å². The molecular formula is C9H11N3O. The van der Waals surface area contributed by atoms with Gasteiger partial charge in [0.15, 0.2) is 0 Å². The Bertz CT molecular complexity index is 422. The molecule has 2 aromatic rings. The molecule has 0 amide bonds. The summed E-state index contributed by atoms with van der Waals surface area (Å²) in [6.45, 7) is 0.498. The van der Waals surface area contributed by atoms with Gasteiger partial charge in [0.05, 0.1) is 7.11 Å². The highest BCUT2D eigenvalue weighted by atomic mass is 16.5. The Morgan fingerprint density at radius 2 is 2.46 bits per heavy atom. The summed E-state index contributed by atoms with van der Waals surface area (Å²) in [6, 6.07) is 3.92. The van der Waals surface area contributed by atoms with Crippen LogP contribution in [0.2, 0.25) is 0 Å². The van der Waals surface area contributed by atoms with Gasteiger partial charge in [-0.1, -0.05) is 0 Å². The molecule has 2 rings (SSSR count). The number of rotatable bonds is 2. The van der Waals surface area contributed by atoms with Crippen molar-refractivity contribution in [3.05, 3.63) is 24.0 Å². The number of H-pyrrole nitrogens is 1. The predicted octanol–water partition coefficient (Wildman–Crippen LogP) is 1.03. The van der Waals surface area contributed by atoms with Crippen LogP contribution in [0.25, 0.3) is 10.9 Å². The van der Waals surface area contributed by atoms with Crippen molar-refractivity contribution in [1.82, 2.24) is 9.97 Å². The molecule has 4 heteroatoms. The zero-order valence-corrected chi connectivity index (χ0v) is 7.37. The molecule has 0 aliphatic rings. The second-order valence-electron chi connectivity index (χ2n) is 2.78. The number of aromatic amines is 1. The number of ether oxygens (including phenoxy) is 1. The maximum absolute atomic E-state index is 5.51. The Labute approximate surface area is 75.7 Å². The highest BCUT2D eigenvalue weighted by Gasteiger charge is 2.04. The maximum atomic E-state index is 5.51. The van der Waals surface area contributed by atoms with Gasteiger partial charge in [-0.2, -0.15) is 0 Å². The largest absolute Gasteiger partial charge is 0.479 e. The summed E-state index contributed by atoms with van der Waals surface area (Å²) in [5.41, 5.74) is 7.41. The molecule has 0 aliphatic carbocycles. The van der Waals surface area contributed by atoms with E-state index in [4.69, 9.17) is 10.5 Å². The van der Waals surface area contributed by atoms with Gasteiger partial charge in [-0.05, 0) is 12.1 Å². The summed E-state index contributed by atoms with van der Waals surface area (Å²) in [7, 11) is 1.60. The van der Waals surface area contributed by atoms with Crippen LogP contribution >= 0.6 is 0 Å². The molecule has 3 N–H and O–H groups in total. The third-order valence-electron chi connectivity index (χ3n) is 1.98. The lowest BCUT2D eigenvalue weighted by molar-refractivity contribution is 0.402. The number of methoxy groups -OCH3 is 1. The minimum atomic E-state index is 0.498. The fourth-order valence-corrected chi connectivity index (χ4v) is 1.35. The fraction of sp³-hybridized carbons (Fsp3) is 0.222. The summed E-state index contributed by atoms with van der Waals surface area (Å²) < 4.78 is 5.10. The van der Waals surface area contributed by atoms with E-state index in [1.54, 1.807) is 13.3 Å². The highest BCUT2D eigenvalue weighted by molar-refractivity contribution is 5.84. The van der Waals surface area contributed by atoms with Gasteiger partial charge in [0, 0.05) is 23.8 Å². The predicted molar refractivity (Wildman–Crippen MR) is 50.5 cm³/mol. The van der Waals surface area contributed by atoms with Gasteiger partial charge in [-0.3, -0.25) is 0 Å². The molecule has 0 unspecified atom stereocenters. The summed E-state index contributed by atoms with van der Waals surface area (Å²) in [5, 5.41) is 1.08. The third-order valence-corrected chi connectivity index (χ3v) is 1.98. The van der Waals surface area contributed by atoms with E-state index >= 15 is 0 Å². The number of pyridine rings is 1. The first-order valence-electron chi connectivity index (χ1n) is 4.06. The lowest BCUT2D eigenvalue weighted by Gasteiger charge is -1.98. The van der Waals surface area contributed by atoms with E-state index in [0.717, 1.165) is 16.6 Å². The van der Waals surface area contributed by atoms with E-state index in [-0.39, 0.29) is 0 Å². The Kier molecular flexibility index (Phi) is 1.90. The topological polar surface area (TPSA) is 63.9 Å². The van der Waals surface area contributed by atoms with E-state index in [2.05, 4.69) is 9.97 Å². The van der Waals surface area contributed by atoms with Crippen LogP contribution in [0.15, 0.2) is 18.3 Å². The summed E-state index contributed by atoms with van der Waals surface area (Å²) in [5.74, 6) is 0.609. The average molecular weight is 177 g/mol. The lowest BCUT2D eigenvalue weighted by Crippen LogP contribution is -1.95. The molecule has 13 heavy (non-hydrogen) atoms. The quantitative estimate of drug-likeness (QED) is 0.720. The molecule has 0 radical (unpaired) electrons. The molecule has 4 nitrogen and oxygen atoms in total. The van der Waals surface area contributed by atoms with E-state index in [0.29, 0.717) is 12.4 Å². The standard InChI is InChI=1S/C9H11N3O/c1-13-9-8-6(2-3-11-9)4-7(5-10)12-8/h2-4,12H,5,10H2,1H3. The monoisotopic (exact) mass is 177 g/mol. The second-order valence-corrected chi connectivity index (χ2v) is 2.78. The molecule has 0 fully saturated rings. The molecule has 0 bridgehead atoms. The van der Waals surface area contributed by atoms with Crippen LogP contribution in [0.5, 0.6) is 5.88 Å². The number of nitrogens with one attached hydrogen (secondary N) is 1. The molecule has 0 saturated carbocycles. The van der Waals surface area contributed by atoms with Crippen molar-refractivity contribution in [2.24, 2.45) is 5.73 Å². The zero-order chi connectivity index (χ0) is 9.26. The number of aromatic nitrogens is 2. The average Bonchev–Trinajstić information content (AvgIpc) is 2.59. The number of fused-ring (bicyclic) bond motifs is 1.